The minimum atomic E-state index is -3.87. The molecule has 0 aliphatic rings. The van der Waals surface area contributed by atoms with Crippen molar-refractivity contribution in [2.45, 2.75) is 29.7 Å². The van der Waals surface area contributed by atoms with Crippen molar-refractivity contribution in [3.05, 3.63) is 48.0 Å². The summed E-state index contributed by atoms with van der Waals surface area (Å²) in [4.78, 5) is 12.5. The standard InChI is InChI=1S/C18H22N2O6S2/c1-12(2)20-28(24,25)17-11-13(5-10-16(17)26-3)18(21)19-14-6-8-15(9-7-14)27(4,22)23/h5-12,20H,1-4H3,(H,19,21). The van der Waals surface area contributed by atoms with Crippen LogP contribution < -0.4 is 14.8 Å². The molecule has 2 aromatic rings. The third-order valence-corrected chi connectivity index (χ3v) is 6.45. The Kier molecular flexibility index (Phi) is 6.48. The van der Waals surface area contributed by atoms with Gasteiger partial charge < -0.3 is 10.1 Å². The van der Waals surface area contributed by atoms with Crippen LogP contribution in [0.2, 0.25) is 0 Å². The van der Waals surface area contributed by atoms with Gasteiger partial charge in [0.15, 0.2) is 9.84 Å². The molecular weight excluding hydrogens is 404 g/mol. The first kappa shape index (κ1) is 21.9. The van der Waals surface area contributed by atoms with Crippen LogP contribution in [0.4, 0.5) is 5.69 Å². The molecule has 0 spiro atoms. The molecule has 2 rings (SSSR count). The van der Waals surface area contributed by atoms with Gasteiger partial charge in [0, 0.05) is 23.5 Å². The first-order chi connectivity index (χ1) is 12.9. The van der Waals surface area contributed by atoms with Crippen molar-refractivity contribution in [2.24, 2.45) is 0 Å². The summed E-state index contributed by atoms with van der Waals surface area (Å²) in [5, 5.41) is 2.60. The highest BCUT2D eigenvalue weighted by Gasteiger charge is 2.22. The molecule has 0 aliphatic carbocycles. The number of carbonyl (C=O) groups excluding carboxylic acids is 1. The number of methoxy groups -OCH3 is 1. The number of carbonyl (C=O) groups is 1. The van der Waals surface area contributed by atoms with E-state index in [0.29, 0.717) is 5.69 Å². The fourth-order valence-electron chi connectivity index (χ4n) is 2.39. The number of ether oxygens (including phenoxy) is 1. The summed E-state index contributed by atoms with van der Waals surface area (Å²) in [5.41, 5.74) is 0.482. The molecule has 0 fully saturated rings. The van der Waals surface area contributed by atoms with Crippen molar-refractivity contribution in [1.82, 2.24) is 4.72 Å². The SMILES string of the molecule is COc1ccc(C(=O)Nc2ccc(S(C)(=O)=O)cc2)cc1S(=O)(=O)NC(C)C. The van der Waals surface area contributed by atoms with E-state index in [1.165, 1.54) is 49.6 Å². The summed E-state index contributed by atoms with van der Waals surface area (Å²) in [6.45, 7) is 3.36. The van der Waals surface area contributed by atoms with Crippen LogP contribution in [-0.2, 0) is 19.9 Å². The van der Waals surface area contributed by atoms with Crippen molar-refractivity contribution in [3.8, 4) is 5.75 Å². The maximum absolute atomic E-state index is 12.5. The topological polar surface area (TPSA) is 119 Å². The van der Waals surface area contributed by atoms with E-state index in [0.717, 1.165) is 6.26 Å². The Morgan fingerprint density at radius 1 is 1.00 bits per heavy atom. The van der Waals surface area contributed by atoms with Gasteiger partial charge in [-0.05, 0) is 56.3 Å². The highest BCUT2D eigenvalue weighted by molar-refractivity contribution is 7.90. The first-order valence-corrected chi connectivity index (χ1v) is 11.6. The van der Waals surface area contributed by atoms with Gasteiger partial charge in [0.1, 0.15) is 10.6 Å². The second-order valence-electron chi connectivity index (χ2n) is 6.39. The van der Waals surface area contributed by atoms with Gasteiger partial charge in [0.2, 0.25) is 10.0 Å². The molecule has 0 aromatic heterocycles. The summed E-state index contributed by atoms with van der Waals surface area (Å²) in [5.74, 6) is -0.432. The van der Waals surface area contributed by atoms with E-state index in [1.807, 2.05) is 0 Å². The first-order valence-electron chi connectivity index (χ1n) is 8.26. The highest BCUT2D eigenvalue weighted by atomic mass is 32.2. The molecule has 2 aromatic carbocycles. The van der Waals surface area contributed by atoms with E-state index >= 15 is 0 Å². The van der Waals surface area contributed by atoms with Crippen molar-refractivity contribution in [2.75, 3.05) is 18.7 Å². The summed E-state index contributed by atoms with van der Waals surface area (Å²) < 4.78 is 55.6. The minimum Gasteiger partial charge on any atom is -0.495 e. The average Bonchev–Trinajstić information content (AvgIpc) is 2.59. The van der Waals surface area contributed by atoms with Crippen LogP contribution in [0.25, 0.3) is 0 Å². The third kappa shape index (κ3) is 5.31. The van der Waals surface area contributed by atoms with E-state index in [9.17, 15) is 21.6 Å². The molecule has 0 atom stereocenters. The highest BCUT2D eigenvalue weighted by Crippen LogP contribution is 2.25. The fraction of sp³-hybridized carbons (Fsp3) is 0.278. The van der Waals surface area contributed by atoms with E-state index < -0.39 is 25.8 Å². The van der Waals surface area contributed by atoms with E-state index in [4.69, 9.17) is 4.74 Å². The van der Waals surface area contributed by atoms with Gasteiger partial charge >= 0.3 is 0 Å². The van der Waals surface area contributed by atoms with Crippen molar-refractivity contribution >= 4 is 31.5 Å². The molecular formula is C18H22N2O6S2. The lowest BCUT2D eigenvalue weighted by molar-refractivity contribution is 0.102. The number of sulfone groups is 1. The number of benzene rings is 2. The number of rotatable bonds is 7. The summed E-state index contributed by atoms with van der Waals surface area (Å²) in [7, 11) is -5.87. The fourth-order valence-corrected chi connectivity index (χ4v) is 4.47. The molecule has 0 unspecified atom stereocenters. The van der Waals surface area contributed by atoms with Crippen LogP contribution >= 0.6 is 0 Å². The number of hydrogen-bond donors (Lipinski definition) is 2. The molecule has 0 aliphatic heterocycles. The molecule has 8 nitrogen and oxygen atoms in total. The summed E-state index contributed by atoms with van der Waals surface area (Å²) in [6, 6.07) is 9.39. The van der Waals surface area contributed by atoms with Crippen molar-refractivity contribution < 1.29 is 26.4 Å². The Bertz CT molecular complexity index is 1080. The molecule has 0 saturated carbocycles. The molecule has 2 N–H and O–H groups in total. The van der Waals surface area contributed by atoms with Crippen LogP contribution in [-0.4, -0.2) is 42.2 Å². The van der Waals surface area contributed by atoms with Gasteiger partial charge in [-0.2, -0.15) is 0 Å². The van der Waals surface area contributed by atoms with Gasteiger partial charge in [0.25, 0.3) is 5.91 Å². The zero-order chi connectivity index (χ0) is 21.1. The molecule has 152 valence electrons. The molecule has 1 amide bonds. The maximum Gasteiger partial charge on any atom is 0.255 e. The Morgan fingerprint density at radius 3 is 2.11 bits per heavy atom. The summed E-state index contributed by atoms with van der Waals surface area (Å²) >= 11 is 0. The number of anilines is 1. The largest absolute Gasteiger partial charge is 0.495 e. The smallest absolute Gasteiger partial charge is 0.255 e. The Labute approximate surface area is 164 Å². The molecule has 28 heavy (non-hydrogen) atoms. The van der Waals surface area contributed by atoms with E-state index in [1.54, 1.807) is 13.8 Å². The molecule has 10 heteroatoms. The Morgan fingerprint density at radius 2 is 1.61 bits per heavy atom. The number of amides is 1. The third-order valence-electron chi connectivity index (χ3n) is 3.65. The number of sulfonamides is 1. The van der Waals surface area contributed by atoms with Crippen LogP contribution in [0.3, 0.4) is 0 Å². The van der Waals surface area contributed by atoms with Crippen LogP contribution in [0, 0.1) is 0 Å². The second-order valence-corrected chi connectivity index (χ2v) is 10.1. The average molecular weight is 427 g/mol. The lowest BCUT2D eigenvalue weighted by atomic mass is 10.2. The molecule has 0 heterocycles. The number of nitrogens with one attached hydrogen (secondary N) is 2. The minimum absolute atomic E-state index is 0.108. The molecule has 0 saturated heterocycles. The number of hydrogen-bond acceptors (Lipinski definition) is 6. The van der Waals surface area contributed by atoms with Gasteiger partial charge in [-0.25, -0.2) is 21.6 Å². The van der Waals surface area contributed by atoms with Gasteiger partial charge in [-0.1, -0.05) is 0 Å². The summed E-state index contributed by atoms with van der Waals surface area (Å²) in [6.07, 6.45) is 1.09. The van der Waals surface area contributed by atoms with E-state index in [2.05, 4.69) is 10.0 Å². The van der Waals surface area contributed by atoms with Crippen LogP contribution in [0.5, 0.6) is 5.75 Å². The quantitative estimate of drug-likeness (QED) is 0.699. The molecule has 0 bridgehead atoms. The lowest BCUT2D eigenvalue weighted by Gasteiger charge is -2.14. The second kappa shape index (κ2) is 8.29. The van der Waals surface area contributed by atoms with Crippen molar-refractivity contribution in [1.29, 1.82) is 0 Å². The monoisotopic (exact) mass is 426 g/mol. The van der Waals surface area contributed by atoms with E-state index in [-0.39, 0.29) is 27.1 Å². The normalized spacial score (nSPS) is 12.0. The zero-order valence-electron chi connectivity index (χ0n) is 15.9. The van der Waals surface area contributed by atoms with Gasteiger partial charge in [-0.15, -0.1) is 0 Å². The zero-order valence-corrected chi connectivity index (χ0v) is 17.5. The lowest BCUT2D eigenvalue weighted by Crippen LogP contribution is -2.30. The molecule has 0 radical (unpaired) electrons. The van der Waals surface area contributed by atoms with Crippen LogP contribution in [0.1, 0.15) is 24.2 Å². The van der Waals surface area contributed by atoms with Crippen LogP contribution in [0.15, 0.2) is 52.3 Å². The van der Waals surface area contributed by atoms with Gasteiger partial charge in [0.05, 0.1) is 12.0 Å². The predicted octanol–water partition coefficient (Wildman–Crippen LogP) is 2.04. The predicted molar refractivity (Wildman–Crippen MR) is 106 cm³/mol. The Balaban J connectivity index is 2.32. The van der Waals surface area contributed by atoms with Gasteiger partial charge in [-0.3, -0.25) is 4.79 Å². The maximum atomic E-state index is 12.5. The Hall–Kier alpha value is -2.43. The van der Waals surface area contributed by atoms with Crippen molar-refractivity contribution in [3.63, 3.8) is 0 Å².